The Morgan fingerprint density at radius 2 is 1.69 bits per heavy atom. The number of likely N-dealkylation sites (tertiary alicyclic amines) is 1. The third-order valence-corrected chi connectivity index (χ3v) is 4.82. The topological polar surface area (TPSA) is 44.8 Å². The van der Waals surface area contributed by atoms with Gasteiger partial charge in [-0.15, -0.1) is 0 Å². The van der Waals surface area contributed by atoms with E-state index in [2.05, 4.69) is 22.2 Å². The van der Waals surface area contributed by atoms with Crippen molar-refractivity contribution in [2.24, 2.45) is 0 Å². The highest BCUT2D eigenvalue weighted by Gasteiger charge is 2.21. The molecular weight excluding hydrogens is 326 g/mol. The van der Waals surface area contributed by atoms with E-state index in [-0.39, 0.29) is 5.91 Å². The standard InChI is InChI=1S/C21H27N3O2/c1-23-14-12-18(13-15-23)24(2)16-21(25)22-17-8-10-20(11-9-17)26-19-6-4-3-5-7-19/h3-11,18H,12-16H2,1-2H3,(H,22,25). The predicted octanol–water partition coefficient (Wildman–Crippen LogP) is 3.44. The number of rotatable bonds is 6. The smallest absolute Gasteiger partial charge is 0.238 e. The van der Waals surface area contributed by atoms with Crippen molar-refractivity contribution in [2.45, 2.75) is 18.9 Å². The molecule has 0 aliphatic carbocycles. The molecule has 26 heavy (non-hydrogen) atoms. The summed E-state index contributed by atoms with van der Waals surface area (Å²) in [6.07, 6.45) is 2.23. The fraction of sp³-hybridized carbons (Fsp3) is 0.381. The van der Waals surface area contributed by atoms with E-state index in [4.69, 9.17) is 4.74 Å². The molecule has 1 saturated heterocycles. The molecule has 5 nitrogen and oxygen atoms in total. The highest BCUT2D eigenvalue weighted by molar-refractivity contribution is 5.92. The van der Waals surface area contributed by atoms with Crippen LogP contribution < -0.4 is 10.1 Å². The second kappa shape index (κ2) is 8.83. The Morgan fingerprint density at radius 1 is 1.08 bits per heavy atom. The van der Waals surface area contributed by atoms with Crippen molar-refractivity contribution in [3.63, 3.8) is 0 Å². The Balaban J connectivity index is 1.48. The van der Waals surface area contributed by atoms with E-state index < -0.39 is 0 Å². The van der Waals surface area contributed by atoms with E-state index >= 15 is 0 Å². The van der Waals surface area contributed by atoms with Crippen molar-refractivity contribution < 1.29 is 9.53 Å². The molecule has 2 aromatic carbocycles. The van der Waals surface area contributed by atoms with Crippen LogP contribution in [-0.2, 0) is 4.79 Å². The van der Waals surface area contributed by atoms with Crippen molar-refractivity contribution in [1.82, 2.24) is 9.80 Å². The van der Waals surface area contributed by atoms with Crippen molar-refractivity contribution in [3.8, 4) is 11.5 Å². The molecule has 1 fully saturated rings. The Bertz CT molecular complexity index is 695. The summed E-state index contributed by atoms with van der Waals surface area (Å²) in [5.74, 6) is 1.56. The van der Waals surface area contributed by atoms with Crippen LogP contribution in [0, 0.1) is 0 Å². The monoisotopic (exact) mass is 353 g/mol. The number of benzene rings is 2. The summed E-state index contributed by atoms with van der Waals surface area (Å²) in [5.41, 5.74) is 0.784. The highest BCUT2D eigenvalue weighted by Crippen LogP contribution is 2.22. The van der Waals surface area contributed by atoms with Gasteiger partial charge in [-0.1, -0.05) is 18.2 Å². The molecular formula is C21H27N3O2. The first-order chi connectivity index (χ1) is 12.6. The first kappa shape index (κ1) is 18.4. The van der Waals surface area contributed by atoms with Crippen LogP contribution in [0.15, 0.2) is 54.6 Å². The van der Waals surface area contributed by atoms with Gasteiger partial charge in [0, 0.05) is 11.7 Å². The Morgan fingerprint density at radius 3 is 2.35 bits per heavy atom. The van der Waals surface area contributed by atoms with E-state index in [0.717, 1.165) is 43.1 Å². The maximum absolute atomic E-state index is 12.3. The number of carbonyl (C=O) groups excluding carboxylic acids is 1. The first-order valence-electron chi connectivity index (χ1n) is 9.12. The lowest BCUT2D eigenvalue weighted by Gasteiger charge is -2.34. The van der Waals surface area contributed by atoms with E-state index in [1.807, 2.05) is 61.6 Å². The average molecular weight is 353 g/mol. The summed E-state index contributed by atoms with van der Waals surface area (Å²) in [5, 5.41) is 2.97. The van der Waals surface area contributed by atoms with Crippen molar-refractivity contribution >= 4 is 11.6 Å². The SMILES string of the molecule is CN1CCC(N(C)CC(=O)Nc2ccc(Oc3ccccc3)cc2)CC1. The maximum atomic E-state index is 12.3. The lowest BCUT2D eigenvalue weighted by atomic mass is 10.0. The summed E-state index contributed by atoms with van der Waals surface area (Å²) in [7, 11) is 4.18. The van der Waals surface area contributed by atoms with Crippen LogP contribution in [0.1, 0.15) is 12.8 Å². The van der Waals surface area contributed by atoms with Gasteiger partial charge in [0.2, 0.25) is 5.91 Å². The van der Waals surface area contributed by atoms with Gasteiger partial charge in [0.1, 0.15) is 11.5 Å². The molecule has 0 unspecified atom stereocenters. The molecule has 1 heterocycles. The maximum Gasteiger partial charge on any atom is 0.238 e. The van der Waals surface area contributed by atoms with E-state index in [0.29, 0.717) is 12.6 Å². The van der Waals surface area contributed by atoms with Crippen molar-refractivity contribution in [3.05, 3.63) is 54.6 Å². The molecule has 3 rings (SSSR count). The molecule has 5 heteroatoms. The quantitative estimate of drug-likeness (QED) is 0.864. The highest BCUT2D eigenvalue weighted by atomic mass is 16.5. The Hall–Kier alpha value is -2.37. The number of amides is 1. The zero-order valence-corrected chi connectivity index (χ0v) is 15.5. The first-order valence-corrected chi connectivity index (χ1v) is 9.12. The number of piperidine rings is 1. The molecule has 1 aliphatic heterocycles. The average Bonchev–Trinajstić information content (AvgIpc) is 2.64. The minimum Gasteiger partial charge on any atom is -0.457 e. The van der Waals surface area contributed by atoms with Gasteiger partial charge in [-0.3, -0.25) is 9.69 Å². The molecule has 2 aromatic rings. The number of anilines is 1. The number of nitrogens with zero attached hydrogens (tertiary/aromatic N) is 2. The van der Waals surface area contributed by atoms with Gasteiger partial charge in [0.15, 0.2) is 0 Å². The van der Waals surface area contributed by atoms with Gasteiger partial charge in [-0.2, -0.15) is 0 Å². The zero-order valence-electron chi connectivity index (χ0n) is 15.5. The molecule has 138 valence electrons. The van der Waals surface area contributed by atoms with Crippen LogP contribution in [0.25, 0.3) is 0 Å². The lowest BCUT2D eigenvalue weighted by Crippen LogP contribution is -2.44. The molecule has 0 bridgehead atoms. The van der Waals surface area contributed by atoms with Gasteiger partial charge in [-0.05, 0) is 76.4 Å². The van der Waals surface area contributed by atoms with Crippen LogP contribution in [0.2, 0.25) is 0 Å². The molecule has 0 radical (unpaired) electrons. The van der Waals surface area contributed by atoms with Crippen LogP contribution >= 0.6 is 0 Å². The minimum atomic E-state index is 0.0168. The Kier molecular flexibility index (Phi) is 6.26. The molecule has 0 aromatic heterocycles. The second-order valence-corrected chi connectivity index (χ2v) is 6.94. The van der Waals surface area contributed by atoms with Crippen LogP contribution in [0.4, 0.5) is 5.69 Å². The van der Waals surface area contributed by atoms with Crippen molar-refractivity contribution in [2.75, 3.05) is 39.0 Å². The van der Waals surface area contributed by atoms with Crippen LogP contribution in [0.5, 0.6) is 11.5 Å². The summed E-state index contributed by atoms with van der Waals surface area (Å²) < 4.78 is 5.77. The molecule has 1 N–H and O–H groups in total. The van der Waals surface area contributed by atoms with Gasteiger partial charge >= 0.3 is 0 Å². The summed E-state index contributed by atoms with van der Waals surface area (Å²) in [6.45, 7) is 2.61. The molecule has 1 amide bonds. The van der Waals surface area contributed by atoms with Crippen molar-refractivity contribution in [1.29, 1.82) is 0 Å². The van der Waals surface area contributed by atoms with Gasteiger partial charge in [-0.25, -0.2) is 0 Å². The van der Waals surface area contributed by atoms with E-state index in [1.54, 1.807) is 0 Å². The largest absolute Gasteiger partial charge is 0.457 e. The molecule has 0 spiro atoms. The minimum absolute atomic E-state index is 0.0168. The van der Waals surface area contributed by atoms with Crippen LogP contribution in [-0.4, -0.2) is 55.5 Å². The van der Waals surface area contributed by atoms with E-state index in [9.17, 15) is 4.79 Å². The third kappa shape index (κ3) is 5.31. The number of hydrogen-bond donors (Lipinski definition) is 1. The number of hydrogen-bond acceptors (Lipinski definition) is 4. The second-order valence-electron chi connectivity index (χ2n) is 6.94. The fourth-order valence-electron chi connectivity index (χ4n) is 3.22. The lowest BCUT2D eigenvalue weighted by molar-refractivity contribution is -0.117. The Labute approximate surface area is 155 Å². The van der Waals surface area contributed by atoms with Gasteiger partial charge in [0.25, 0.3) is 0 Å². The number of ether oxygens (including phenoxy) is 1. The number of nitrogens with one attached hydrogen (secondary N) is 1. The summed E-state index contributed by atoms with van der Waals surface area (Å²) in [6, 6.07) is 17.6. The van der Waals surface area contributed by atoms with Crippen LogP contribution in [0.3, 0.4) is 0 Å². The predicted molar refractivity (Wildman–Crippen MR) is 105 cm³/mol. The number of carbonyl (C=O) groups is 1. The molecule has 0 saturated carbocycles. The van der Waals surface area contributed by atoms with E-state index in [1.165, 1.54) is 0 Å². The zero-order chi connectivity index (χ0) is 18.4. The fourth-order valence-corrected chi connectivity index (χ4v) is 3.22. The number of likely N-dealkylation sites (N-methyl/N-ethyl adjacent to an activating group) is 1. The third-order valence-electron chi connectivity index (χ3n) is 4.82. The summed E-state index contributed by atoms with van der Waals surface area (Å²) >= 11 is 0. The normalized spacial score (nSPS) is 15.8. The number of para-hydroxylation sites is 1. The molecule has 1 aliphatic rings. The molecule has 0 atom stereocenters. The van der Waals surface area contributed by atoms with Gasteiger partial charge < -0.3 is 15.0 Å². The summed E-state index contributed by atoms with van der Waals surface area (Å²) in [4.78, 5) is 16.8. The van der Waals surface area contributed by atoms with Gasteiger partial charge in [0.05, 0.1) is 6.54 Å².